The maximum atomic E-state index is 5.73. The van der Waals surface area contributed by atoms with Crippen LogP contribution in [0.4, 0.5) is 11.6 Å². The van der Waals surface area contributed by atoms with E-state index in [1.54, 1.807) is 0 Å². The van der Waals surface area contributed by atoms with E-state index in [2.05, 4.69) is 15.5 Å². The molecule has 0 radical (unpaired) electrons. The number of nitrogens with zero attached hydrogens (tertiary/aromatic N) is 3. The van der Waals surface area contributed by atoms with Crippen LogP contribution in [0.1, 0.15) is 11.4 Å². The van der Waals surface area contributed by atoms with E-state index in [1.807, 2.05) is 42.9 Å². The molecule has 0 aliphatic heterocycles. The number of anilines is 2. The molecule has 16 heavy (non-hydrogen) atoms. The van der Waals surface area contributed by atoms with Crippen molar-refractivity contribution in [3.8, 4) is 0 Å². The van der Waals surface area contributed by atoms with E-state index < -0.39 is 0 Å². The van der Waals surface area contributed by atoms with E-state index in [1.165, 1.54) is 0 Å². The Morgan fingerprint density at radius 1 is 1.38 bits per heavy atom. The van der Waals surface area contributed by atoms with Crippen molar-refractivity contribution in [2.24, 2.45) is 7.05 Å². The summed E-state index contributed by atoms with van der Waals surface area (Å²) in [5.41, 5.74) is 7.64. The Balaban J connectivity index is 2.24. The van der Waals surface area contributed by atoms with Gasteiger partial charge in [0.15, 0.2) is 0 Å². The lowest BCUT2D eigenvalue weighted by Crippen LogP contribution is -2.03. The van der Waals surface area contributed by atoms with Crippen LogP contribution in [0.25, 0.3) is 0 Å². The van der Waals surface area contributed by atoms with E-state index in [0.29, 0.717) is 0 Å². The molecule has 0 aliphatic carbocycles. The van der Waals surface area contributed by atoms with Gasteiger partial charge < -0.3 is 15.6 Å². The molecule has 3 N–H and O–H groups in total. The van der Waals surface area contributed by atoms with Crippen LogP contribution in [0.15, 0.2) is 24.3 Å². The molecule has 0 saturated heterocycles. The van der Waals surface area contributed by atoms with Crippen LogP contribution in [0.5, 0.6) is 0 Å². The first-order chi connectivity index (χ1) is 7.70. The minimum Gasteiger partial charge on any atom is -0.399 e. The number of rotatable bonds is 3. The molecule has 0 aliphatic rings. The van der Waals surface area contributed by atoms with Gasteiger partial charge in [-0.1, -0.05) is 12.1 Å². The summed E-state index contributed by atoms with van der Waals surface area (Å²) in [5.74, 6) is 1.67. The van der Waals surface area contributed by atoms with Gasteiger partial charge in [-0.15, -0.1) is 10.2 Å². The first kappa shape index (κ1) is 10.5. The average molecular weight is 217 g/mol. The van der Waals surface area contributed by atoms with Crippen LogP contribution in [0.3, 0.4) is 0 Å². The summed E-state index contributed by atoms with van der Waals surface area (Å²) in [5, 5.41) is 11.1. The van der Waals surface area contributed by atoms with Crippen molar-refractivity contribution in [1.29, 1.82) is 0 Å². The highest BCUT2D eigenvalue weighted by Gasteiger charge is 2.07. The maximum Gasteiger partial charge on any atom is 0.224 e. The zero-order chi connectivity index (χ0) is 11.5. The Morgan fingerprint density at radius 2 is 2.19 bits per heavy atom. The number of hydrogen-bond acceptors (Lipinski definition) is 4. The molecule has 0 unspecified atom stereocenters. The van der Waals surface area contributed by atoms with Gasteiger partial charge >= 0.3 is 0 Å². The average Bonchev–Trinajstić information content (AvgIpc) is 2.60. The summed E-state index contributed by atoms with van der Waals surface area (Å²) in [6.07, 6.45) is 0.732. The summed E-state index contributed by atoms with van der Waals surface area (Å²) in [6.45, 7) is 0. The zero-order valence-corrected chi connectivity index (χ0v) is 9.44. The summed E-state index contributed by atoms with van der Waals surface area (Å²) in [7, 11) is 3.77. The molecule has 84 valence electrons. The van der Waals surface area contributed by atoms with Gasteiger partial charge in [0.2, 0.25) is 5.95 Å². The van der Waals surface area contributed by atoms with E-state index >= 15 is 0 Å². The van der Waals surface area contributed by atoms with E-state index in [4.69, 9.17) is 5.73 Å². The van der Waals surface area contributed by atoms with Crippen molar-refractivity contribution in [2.75, 3.05) is 18.1 Å². The second kappa shape index (κ2) is 4.22. The van der Waals surface area contributed by atoms with Crippen LogP contribution in [0.2, 0.25) is 0 Å². The molecular weight excluding hydrogens is 202 g/mol. The van der Waals surface area contributed by atoms with Gasteiger partial charge in [-0.05, 0) is 17.7 Å². The predicted octanol–water partition coefficient (Wildman–Crippen LogP) is 1.03. The third kappa shape index (κ3) is 1.98. The second-order valence-electron chi connectivity index (χ2n) is 3.67. The van der Waals surface area contributed by atoms with Crippen molar-refractivity contribution in [1.82, 2.24) is 14.8 Å². The Bertz CT molecular complexity index is 489. The van der Waals surface area contributed by atoms with Crippen molar-refractivity contribution < 1.29 is 0 Å². The zero-order valence-electron chi connectivity index (χ0n) is 9.44. The first-order valence-electron chi connectivity index (χ1n) is 5.11. The standard InChI is InChI=1S/C11H15N5/c1-13-11-15-14-10(16(11)2)7-8-4-3-5-9(12)6-8/h3-6H,7,12H2,1-2H3,(H,13,15). The highest BCUT2D eigenvalue weighted by atomic mass is 15.3. The van der Waals surface area contributed by atoms with Gasteiger partial charge in [0.1, 0.15) is 5.82 Å². The summed E-state index contributed by atoms with van der Waals surface area (Å²) >= 11 is 0. The first-order valence-corrected chi connectivity index (χ1v) is 5.11. The van der Waals surface area contributed by atoms with Crippen molar-refractivity contribution in [3.63, 3.8) is 0 Å². The molecule has 0 spiro atoms. The number of nitrogen functional groups attached to an aromatic ring is 1. The molecule has 5 heteroatoms. The van der Waals surface area contributed by atoms with E-state index in [9.17, 15) is 0 Å². The summed E-state index contributed by atoms with van der Waals surface area (Å²) < 4.78 is 1.93. The molecule has 1 aromatic heterocycles. The largest absolute Gasteiger partial charge is 0.399 e. The predicted molar refractivity (Wildman–Crippen MR) is 64.2 cm³/mol. The Kier molecular flexibility index (Phi) is 2.76. The monoisotopic (exact) mass is 217 g/mol. The van der Waals surface area contributed by atoms with Gasteiger partial charge in [0.25, 0.3) is 0 Å². The normalized spacial score (nSPS) is 10.4. The number of nitrogens with one attached hydrogen (secondary N) is 1. The third-order valence-corrected chi connectivity index (χ3v) is 2.50. The van der Waals surface area contributed by atoms with Crippen LogP contribution in [0, 0.1) is 0 Å². The number of nitrogens with two attached hydrogens (primary N) is 1. The number of benzene rings is 1. The van der Waals surface area contributed by atoms with Crippen LogP contribution >= 0.6 is 0 Å². The molecule has 1 aromatic carbocycles. The lowest BCUT2D eigenvalue weighted by atomic mass is 10.1. The van der Waals surface area contributed by atoms with E-state index in [-0.39, 0.29) is 0 Å². The molecule has 0 bridgehead atoms. The highest BCUT2D eigenvalue weighted by Crippen LogP contribution is 2.12. The topological polar surface area (TPSA) is 68.8 Å². The van der Waals surface area contributed by atoms with Gasteiger partial charge in [0.05, 0.1) is 0 Å². The highest BCUT2D eigenvalue weighted by molar-refractivity contribution is 5.41. The maximum absolute atomic E-state index is 5.73. The molecule has 0 fully saturated rings. The van der Waals surface area contributed by atoms with Crippen molar-refractivity contribution >= 4 is 11.6 Å². The molecule has 1 heterocycles. The summed E-state index contributed by atoms with van der Waals surface area (Å²) in [4.78, 5) is 0. The molecule has 0 amide bonds. The van der Waals surface area contributed by atoms with Gasteiger partial charge in [-0.2, -0.15) is 0 Å². The quantitative estimate of drug-likeness (QED) is 0.753. The number of aromatic nitrogens is 3. The minimum absolute atomic E-state index is 0.732. The molecule has 0 atom stereocenters. The number of hydrogen-bond donors (Lipinski definition) is 2. The van der Waals surface area contributed by atoms with E-state index in [0.717, 1.165) is 29.4 Å². The van der Waals surface area contributed by atoms with Crippen LogP contribution < -0.4 is 11.1 Å². The smallest absolute Gasteiger partial charge is 0.224 e. The fraction of sp³-hybridized carbons (Fsp3) is 0.273. The molecule has 2 aromatic rings. The fourth-order valence-corrected chi connectivity index (χ4v) is 1.62. The third-order valence-electron chi connectivity index (χ3n) is 2.50. The Morgan fingerprint density at radius 3 is 2.81 bits per heavy atom. The van der Waals surface area contributed by atoms with Gasteiger partial charge in [-0.3, -0.25) is 0 Å². The molecule has 2 rings (SSSR count). The van der Waals surface area contributed by atoms with Crippen molar-refractivity contribution in [2.45, 2.75) is 6.42 Å². The van der Waals surface area contributed by atoms with Crippen LogP contribution in [-0.2, 0) is 13.5 Å². The van der Waals surface area contributed by atoms with Crippen LogP contribution in [-0.4, -0.2) is 21.8 Å². The molecule has 5 nitrogen and oxygen atoms in total. The Labute approximate surface area is 94.3 Å². The summed E-state index contributed by atoms with van der Waals surface area (Å²) in [6, 6.07) is 7.80. The van der Waals surface area contributed by atoms with Gasteiger partial charge in [-0.25, -0.2) is 0 Å². The van der Waals surface area contributed by atoms with Gasteiger partial charge in [0, 0.05) is 26.2 Å². The van der Waals surface area contributed by atoms with Crippen molar-refractivity contribution in [3.05, 3.63) is 35.7 Å². The lowest BCUT2D eigenvalue weighted by molar-refractivity contribution is 0.825. The minimum atomic E-state index is 0.732. The molecule has 0 saturated carbocycles. The lowest BCUT2D eigenvalue weighted by Gasteiger charge is -2.03. The molecular formula is C11H15N5. The fourth-order valence-electron chi connectivity index (χ4n) is 1.62. The Hall–Kier alpha value is -2.04. The second-order valence-corrected chi connectivity index (χ2v) is 3.67. The SMILES string of the molecule is CNc1nnc(Cc2cccc(N)c2)n1C.